The van der Waals surface area contributed by atoms with Crippen LogP contribution >= 0.6 is 15.9 Å². The zero-order valence-electron chi connectivity index (χ0n) is 11.3. The second-order valence-electron chi connectivity index (χ2n) is 4.46. The van der Waals surface area contributed by atoms with Crippen LogP contribution in [0, 0.1) is 6.92 Å². The SMILES string of the molecule is CCN(CC(=O)N(C)C)c1cc(C)c(N)cc1Br. The first-order valence-electron chi connectivity index (χ1n) is 5.87. The molecule has 1 aromatic carbocycles. The van der Waals surface area contributed by atoms with Crippen molar-refractivity contribution in [3.8, 4) is 0 Å². The summed E-state index contributed by atoms with van der Waals surface area (Å²) in [7, 11) is 3.53. The standard InChI is InChI=1S/C13H20BrN3O/c1-5-17(8-13(18)16(3)4)12-6-9(2)11(15)7-10(12)14/h6-7H,5,8,15H2,1-4H3. The van der Waals surface area contributed by atoms with Crippen molar-refractivity contribution in [1.82, 2.24) is 4.90 Å². The van der Waals surface area contributed by atoms with E-state index in [1.807, 2.05) is 30.9 Å². The van der Waals surface area contributed by atoms with Gasteiger partial charge in [0.05, 0.1) is 12.2 Å². The number of rotatable bonds is 4. The molecule has 0 spiro atoms. The number of benzene rings is 1. The number of amides is 1. The van der Waals surface area contributed by atoms with Crippen LogP contribution in [0.2, 0.25) is 0 Å². The van der Waals surface area contributed by atoms with Crippen molar-refractivity contribution in [2.75, 3.05) is 37.8 Å². The molecule has 0 aliphatic carbocycles. The lowest BCUT2D eigenvalue weighted by molar-refractivity contribution is -0.127. The van der Waals surface area contributed by atoms with Gasteiger partial charge < -0.3 is 15.5 Å². The van der Waals surface area contributed by atoms with Crippen LogP contribution in [-0.4, -0.2) is 38.0 Å². The number of nitrogens with zero attached hydrogens (tertiary/aromatic N) is 2. The van der Waals surface area contributed by atoms with Gasteiger partial charge in [0.15, 0.2) is 0 Å². The third-order valence-corrected chi connectivity index (χ3v) is 3.52. The Balaban J connectivity index is 3.02. The number of carbonyl (C=O) groups excluding carboxylic acids is 1. The van der Waals surface area contributed by atoms with Gasteiger partial charge in [-0.05, 0) is 47.5 Å². The van der Waals surface area contributed by atoms with E-state index in [0.29, 0.717) is 6.54 Å². The van der Waals surface area contributed by atoms with E-state index in [9.17, 15) is 4.79 Å². The molecular formula is C13H20BrN3O. The molecule has 0 unspecified atom stereocenters. The third kappa shape index (κ3) is 3.38. The number of anilines is 2. The average Bonchev–Trinajstić information content (AvgIpc) is 2.30. The second kappa shape index (κ2) is 6.09. The number of aryl methyl sites for hydroxylation is 1. The third-order valence-electron chi connectivity index (χ3n) is 2.88. The van der Waals surface area contributed by atoms with E-state index in [1.54, 1.807) is 19.0 Å². The van der Waals surface area contributed by atoms with Crippen LogP contribution in [0.25, 0.3) is 0 Å². The Hall–Kier alpha value is -1.23. The fourth-order valence-corrected chi connectivity index (χ4v) is 2.21. The molecule has 1 aromatic rings. The Morgan fingerprint density at radius 2 is 2.00 bits per heavy atom. The predicted octanol–water partition coefficient (Wildman–Crippen LogP) is 2.25. The molecule has 0 aliphatic rings. The van der Waals surface area contributed by atoms with E-state index >= 15 is 0 Å². The number of carbonyl (C=O) groups is 1. The molecular weight excluding hydrogens is 294 g/mol. The molecule has 100 valence electrons. The van der Waals surface area contributed by atoms with Crippen LogP contribution in [0.4, 0.5) is 11.4 Å². The topological polar surface area (TPSA) is 49.6 Å². The maximum Gasteiger partial charge on any atom is 0.241 e. The summed E-state index contributed by atoms with van der Waals surface area (Å²) in [4.78, 5) is 15.4. The normalized spacial score (nSPS) is 10.3. The van der Waals surface area contributed by atoms with Crippen LogP contribution in [0.3, 0.4) is 0 Å². The highest BCUT2D eigenvalue weighted by atomic mass is 79.9. The predicted molar refractivity (Wildman–Crippen MR) is 79.9 cm³/mol. The molecule has 0 heterocycles. The van der Waals surface area contributed by atoms with Crippen molar-refractivity contribution in [3.63, 3.8) is 0 Å². The van der Waals surface area contributed by atoms with Crippen LogP contribution in [0.5, 0.6) is 0 Å². The number of halogens is 1. The smallest absolute Gasteiger partial charge is 0.241 e. The van der Waals surface area contributed by atoms with E-state index in [0.717, 1.165) is 28.0 Å². The molecule has 0 radical (unpaired) electrons. The minimum atomic E-state index is 0.0817. The Kier molecular flexibility index (Phi) is 5.02. The number of hydrogen-bond acceptors (Lipinski definition) is 3. The van der Waals surface area contributed by atoms with Crippen molar-refractivity contribution < 1.29 is 4.79 Å². The van der Waals surface area contributed by atoms with Gasteiger partial charge in [-0.15, -0.1) is 0 Å². The lowest BCUT2D eigenvalue weighted by Crippen LogP contribution is -2.36. The van der Waals surface area contributed by atoms with E-state index in [4.69, 9.17) is 5.73 Å². The van der Waals surface area contributed by atoms with Gasteiger partial charge >= 0.3 is 0 Å². The summed E-state index contributed by atoms with van der Waals surface area (Å²) in [6, 6.07) is 3.89. The molecule has 5 heteroatoms. The highest BCUT2D eigenvalue weighted by Gasteiger charge is 2.15. The van der Waals surface area contributed by atoms with Gasteiger partial charge in [-0.3, -0.25) is 4.79 Å². The van der Waals surface area contributed by atoms with Crippen LogP contribution in [0.15, 0.2) is 16.6 Å². The van der Waals surface area contributed by atoms with Crippen LogP contribution in [-0.2, 0) is 4.79 Å². The van der Waals surface area contributed by atoms with E-state index in [-0.39, 0.29) is 5.91 Å². The maximum absolute atomic E-state index is 11.8. The average molecular weight is 314 g/mol. The molecule has 0 saturated carbocycles. The highest BCUT2D eigenvalue weighted by molar-refractivity contribution is 9.10. The van der Waals surface area contributed by atoms with E-state index < -0.39 is 0 Å². The summed E-state index contributed by atoms with van der Waals surface area (Å²) in [6.45, 7) is 5.13. The lowest BCUT2D eigenvalue weighted by atomic mass is 10.1. The van der Waals surface area contributed by atoms with Gasteiger partial charge in [-0.2, -0.15) is 0 Å². The summed E-state index contributed by atoms with van der Waals surface area (Å²) in [5.74, 6) is 0.0817. The summed E-state index contributed by atoms with van der Waals surface area (Å²) in [6.07, 6.45) is 0. The zero-order chi connectivity index (χ0) is 13.9. The van der Waals surface area contributed by atoms with Crippen molar-refractivity contribution in [3.05, 3.63) is 22.2 Å². The fourth-order valence-electron chi connectivity index (χ4n) is 1.60. The number of nitrogen functional groups attached to an aromatic ring is 1. The molecule has 1 amide bonds. The van der Waals surface area contributed by atoms with Crippen LogP contribution < -0.4 is 10.6 Å². The van der Waals surface area contributed by atoms with Crippen molar-refractivity contribution in [2.24, 2.45) is 0 Å². The maximum atomic E-state index is 11.8. The Morgan fingerprint density at radius 1 is 1.39 bits per heavy atom. The molecule has 1 rings (SSSR count). The minimum Gasteiger partial charge on any atom is -0.398 e. The minimum absolute atomic E-state index is 0.0817. The Morgan fingerprint density at radius 3 is 2.50 bits per heavy atom. The molecule has 2 N–H and O–H groups in total. The Bertz CT molecular complexity index is 446. The van der Waals surface area contributed by atoms with Crippen molar-refractivity contribution in [2.45, 2.75) is 13.8 Å². The quantitative estimate of drug-likeness (QED) is 0.867. The van der Waals surface area contributed by atoms with Gasteiger partial charge in [0.2, 0.25) is 5.91 Å². The summed E-state index contributed by atoms with van der Waals surface area (Å²) in [5, 5.41) is 0. The van der Waals surface area contributed by atoms with E-state index in [2.05, 4.69) is 15.9 Å². The number of likely N-dealkylation sites (N-methyl/N-ethyl adjacent to an activating group) is 2. The van der Waals surface area contributed by atoms with Gasteiger partial charge in [-0.1, -0.05) is 0 Å². The van der Waals surface area contributed by atoms with Crippen molar-refractivity contribution in [1.29, 1.82) is 0 Å². The largest absolute Gasteiger partial charge is 0.398 e. The number of nitrogens with two attached hydrogens (primary N) is 1. The van der Waals surface area contributed by atoms with Crippen LogP contribution in [0.1, 0.15) is 12.5 Å². The summed E-state index contributed by atoms with van der Waals surface area (Å²) in [5.41, 5.74) is 8.62. The second-order valence-corrected chi connectivity index (χ2v) is 5.32. The molecule has 0 saturated heterocycles. The van der Waals surface area contributed by atoms with Gasteiger partial charge in [0, 0.05) is 30.8 Å². The molecule has 0 bridgehead atoms. The lowest BCUT2D eigenvalue weighted by Gasteiger charge is -2.26. The summed E-state index contributed by atoms with van der Waals surface area (Å²) < 4.78 is 0.916. The first-order chi connectivity index (χ1) is 8.36. The van der Waals surface area contributed by atoms with Crippen molar-refractivity contribution >= 4 is 33.2 Å². The van der Waals surface area contributed by atoms with E-state index in [1.165, 1.54) is 0 Å². The summed E-state index contributed by atoms with van der Waals surface area (Å²) >= 11 is 3.50. The molecule has 0 aliphatic heterocycles. The molecule has 0 fully saturated rings. The first kappa shape index (κ1) is 14.8. The fraction of sp³-hybridized carbons (Fsp3) is 0.462. The molecule has 0 atom stereocenters. The Labute approximate surface area is 117 Å². The van der Waals surface area contributed by atoms with Gasteiger partial charge in [0.1, 0.15) is 0 Å². The highest BCUT2D eigenvalue weighted by Crippen LogP contribution is 2.30. The zero-order valence-corrected chi connectivity index (χ0v) is 12.9. The van der Waals surface area contributed by atoms with Gasteiger partial charge in [-0.25, -0.2) is 0 Å². The molecule has 4 nitrogen and oxygen atoms in total. The number of hydrogen-bond donors (Lipinski definition) is 1. The molecule has 0 aromatic heterocycles. The molecule has 18 heavy (non-hydrogen) atoms. The monoisotopic (exact) mass is 313 g/mol. The van der Waals surface area contributed by atoms with Gasteiger partial charge in [0.25, 0.3) is 0 Å². The first-order valence-corrected chi connectivity index (χ1v) is 6.66.